The summed E-state index contributed by atoms with van der Waals surface area (Å²) in [7, 11) is 0. The predicted octanol–water partition coefficient (Wildman–Crippen LogP) is 21.7. The van der Waals surface area contributed by atoms with Crippen LogP contribution < -0.4 is 10.2 Å². The van der Waals surface area contributed by atoms with E-state index in [1.54, 1.807) is 0 Å². The third kappa shape index (κ3) is 14.4. The molecule has 0 fully saturated rings. The summed E-state index contributed by atoms with van der Waals surface area (Å²) in [6.07, 6.45) is 0. The lowest BCUT2D eigenvalue weighted by molar-refractivity contribution is 0.590. The van der Waals surface area contributed by atoms with Crippen molar-refractivity contribution >= 4 is 82.9 Å². The molecule has 0 radical (unpaired) electrons. The molecule has 0 atom stereocenters. The van der Waals surface area contributed by atoms with Crippen LogP contribution in [-0.2, 0) is 10.8 Å². The van der Waals surface area contributed by atoms with E-state index < -0.39 is 0 Å². The third-order valence-electron chi connectivity index (χ3n) is 12.5. The maximum atomic E-state index is 3.70. The Labute approximate surface area is 464 Å². The number of anilines is 5. The van der Waals surface area contributed by atoms with Gasteiger partial charge in [0, 0.05) is 46.4 Å². The van der Waals surface area contributed by atoms with E-state index in [9.17, 15) is 0 Å². The van der Waals surface area contributed by atoms with Gasteiger partial charge in [-0.1, -0.05) is 255 Å². The highest BCUT2D eigenvalue weighted by atomic mass is 127. The van der Waals surface area contributed by atoms with Crippen LogP contribution in [-0.4, -0.2) is 0 Å². The first-order chi connectivity index (χ1) is 35.2. The van der Waals surface area contributed by atoms with Gasteiger partial charge in [-0.05, 0) is 151 Å². The first kappa shape index (κ1) is 52.8. The van der Waals surface area contributed by atoms with E-state index in [-0.39, 0.29) is 10.8 Å². The summed E-state index contributed by atoms with van der Waals surface area (Å²) in [6.45, 7) is 13.5. The molecule has 5 heteroatoms. The Morgan fingerprint density at radius 1 is 0.356 bits per heavy atom. The quantitative estimate of drug-likeness (QED) is 0.145. The molecule has 0 aliphatic heterocycles. The fourth-order valence-corrected chi connectivity index (χ4v) is 10.3. The summed E-state index contributed by atoms with van der Waals surface area (Å²) in [5.74, 6) is 0. The normalized spacial score (nSPS) is 11.1. The lowest BCUT2D eigenvalue weighted by Gasteiger charge is -2.29. The van der Waals surface area contributed by atoms with E-state index in [4.69, 9.17) is 0 Å². The SMILES string of the molecule is Brc1cccc(I)c1.CC(C)(C)c1ccc(N(c2cccc(Br)c2)c2cc(-c3ccccc3)ccc2-c2ccccc2)cc1.CC(C)(C)c1ccc(Nc2cc(-c3ccccc3)ccc2-c2ccccc2)cc1. The van der Waals surface area contributed by atoms with E-state index in [0.29, 0.717) is 0 Å². The Hall–Kier alpha value is -6.51. The fraction of sp³-hybridized carbons (Fsp3) is 0.118. The van der Waals surface area contributed by atoms with Gasteiger partial charge in [-0.3, -0.25) is 0 Å². The number of rotatable bonds is 9. The topological polar surface area (TPSA) is 15.3 Å². The highest BCUT2D eigenvalue weighted by Crippen LogP contribution is 2.44. The van der Waals surface area contributed by atoms with Crippen molar-refractivity contribution in [2.24, 2.45) is 0 Å². The van der Waals surface area contributed by atoms with Gasteiger partial charge in [-0.15, -0.1) is 0 Å². The van der Waals surface area contributed by atoms with E-state index in [1.807, 2.05) is 12.1 Å². The lowest BCUT2D eigenvalue weighted by atomic mass is 9.87. The van der Waals surface area contributed by atoms with E-state index in [2.05, 4.69) is 349 Å². The van der Waals surface area contributed by atoms with Crippen molar-refractivity contribution in [1.29, 1.82) is 0 Å². The standard InChI is InChI=1S/C34H30BrN.C28H27N.C6H4BrI/c1-34(2,3)28-18-20-30(21-19-28)36(31-16-10-15-29(35)24-31)33-23-27(25-11-6-4-7-12-25)17-22-32(33)26-13-8-5-9-14-26;1-28(2,3)24-15-17-25(18-16-24)29-27-20-23(21-10-6-4-7-11-21)14-19-26(27)22-12-8-5-9-13-22;7-5-2-1-3-6(8)4-5/h4-24H,1-3H3;4-20,29H,1-3H3;1-4H. The van der Waals surface area contributed by atoms with Crippen molar-refractivity contribution < 1.29 is 0 Å². The predicted molar refractivity (Wildman–Crippen MR) is 331 cm³/mol. The van der Waals surface area contributed by atoms with Crippen LogP contribution in [0.2, 0.25) is 0 Å². The molecule has 10 aromatic carbocycles. The minimum absolute atomic E-state index is 0.0988. The van der Waals surface area contributed by atoms with E-state index >= 15 is 0 Å². The van der Waals surface area contributed by atoms with Gasteiger partial charge >= 0.3 is 0 Å². The second kappa shape index (κ2) is 24.5. The van der Waals surface area contributed by atoms with Gasteiger partial charge in [0.25, 0.3) is 0 Å². The molecule has 10 rings (SSSR count). The number of benzene rings is 10. The first-order valence-electron chi connectivity index (χ1n) is 24.6. The summed E-state index contributed by atoms with van der Waals surface area (Å²) < 4.78 is 3.46. The van der Waals surface area contributed by atoms with Crippen LogP contribution in [0.15, 0.2) is 264 Å². The Morgan fingerprint density at radius 2 is 0.795 bits per heavy atom. The minimum atomic E-state index is 0.0988. The molecule has 0 aliphatic rings. The van der Waals surface area contributed by atoms with Gasteiger partial charge in [0.15, 0.2) is 0 Å². The van der Waals surface area contributed by atoms with Gasteiger partial charge < -0.3 is 10.2 Å². The molecule has 2 nitrogen and oxygen atoms in total. The zero-order valence-corrected chi connectivity index (χ0v) is 47.7. The molecule has 0 saturated heterocycles. The average Bonchev–Trinajstić information content (AvgIpc) is 3.40. The number of nitrogens with one attached hydrogen (secondary N) is 1. The fourth-order valence-electron chi connectivity index (χ4n) is 8.54. The maximum absolute atomic E-state index is 3.70. The number of hydrogen-bond donors (Lipinski definition) is 1. The van der Waals surface area contributed by atoms with Gasteiger partial charge in [0.05, 0.1) is 5.69 Å². The van der Waals surface area contributed by atoms with Gasteiger partial charge in [0.2, 0.25) is 0 Å². The Kier molecular flexibility index (Phi) is 17.7. The highest BCUT2D eigenvalue weighted by molar-refractivity contribution is 14.1. The molecule has 1 N–H and O–H groups in total. The third-order valence-corrected chi connectivity index (χ3v) is 14.2. The smallest absolute Gasteiger partial charge is 0.0546 e. The number of hydrogen-bond acceptors (Lipinski definition) is 2. The Balaban J connectivity index is 0.000000172. The molecule has 0 saturated carbocycles. The Bertz CT molecular complexity index is 3310. The largest absolute Gasteiger partial charge is 0.355 e. The van der Waals surface area contributed by atoms with Crippen LogP contribution in [0, 0.1) is 3.57 Å². The Morgan fingerprint density at radius 3 is 1.26 bits per heavy atom. The molecule has 10 aromatic rings. The van der Waals surface area contributed by atoms with Crippen LogP contribution >= 0.6 is 54.5 Å². The molecule has 0 spiro atoms. The summed E-state index contributed by atoms with van der Waals surface area (Å²) in [4.78, 5) is 2.37. The minimum Gasteiger partial charge on any atom is -0.355 e. The molecule has 0 bridgehead atoms. The molecule has 0 amide bonds. The zero-order chi connectivity index (χ0) is 51.4. The van der Waals surface area contributed by atoms with Gasteiger partial charge in [-0.2, -0.15) is 0 Å². The van der Waals surface area contributed by atoms with Crippen LogP contribution in [0.5, 0.6) is 0 Å². The molecular formula is C68H61Br2IN2. The number of halogens is 3. The van der Waals surface area contributed by atoms with Crippen LogP contribution in [0.4, 0.5) is 28.4 Å². The maximum Gasteiger partial charge on any atom is 0.0546 e. The van der Waals surface area contributed by atoms with Crippen molar-refractivity contribution in [1.82, 2.24) is 0 Å². The van der Waals surface area contributed by atoms with Crippen molar-refractivity contribution in [2.75, 3.05) is 10.2 Å². The van der Waals surface area contributed by atoms with Crippen molar-refractivity contribution in [2.45, 2.75) is 52.4 Å². The van der Waals surface area contributed by atoms with E-state index in [0.717, 1.165) is 37.4 Å². The van der Waals surface area contributed by atoms with Crippen LogP contribution in [0.1, 0.15) is 52.7 Å². The lowest BCUT2D eigenvalue weighted by Crippen LogP contribution is -2.14. The molecule has 0 unspecified atom stereocenters. The molecule has 364 valence electrons. The second-order valence-electron chi connectivity index (χ2n) is 20.0. The second-order valence-corrected chi connectivity index (χ2v) is 23.0. The monoisotopic (exact) mass is 1190 g/mol. The molecule has 0 aromatic heterocycles. The molecule has 0 heterocycles. The summed E-state index contributed by atoms with van der Waals surface area (Å²) >= 11 is 9.33. The molecule has 0 aliphatic carbocycles. The van der Waals surface area contributed by atoms with Crippen LogP contribution in [0.25, 0.3) is 44.5 Å². The van der Waals surface area contributed by atoms with Crippen molar-refractivity contribution in [3.8, 4) is 44.5 Å². The molecule has 73 heavy (non-hydrogen) atoms. The average molecular weight is 1190 g/mol. The van der Waals surface area contributed by atoms with E-state index in [1.165, 1.54) is 59.2 Å². The zero-order valence-electron chi connectivity index (χ0n) is 42.3. The first-order valence-corrected chi connectivity index (χ1v) is 27.3. The van der Waals surface area contributed by atoms with Gasteiger partial charge in [0.1, 0.15) is 0 Å². The van der Waals surface area contributed by atoms with Crippen molar-refractivity contribution in [3.63, 3.8) is 0 Å². The summed E-state index contributed by atoms with van der Waals surface area (Å²) in [6, 6.07) is 90.2. The van der Waals surface area contributed by atoms with Crippen molar-refractivity contribution in [3.05, 3.63) is 278 Å². The summed E-state index contributed by atoms with van der Waals surface area (Å²) in [5, 5.41) is 3.66. The molecular weight excluding hydrogens is 1130 g/mol. The highest BCUT2D eigenvalue weighted by Gasteiger charge is 2.21. The summed E-state index contributed by atoms with van der Waals surface area (Å²) in [5.41, 5.74) is 18.1. The van der Waals surface area contributed by atoms with Gasteiger partial charge in [-0.25, -0.2) is 0 Å². The van der Waals surface area contributed by atoms with Crippen LogP contribution in [0.3, 0.4) is 0 Å². The number of nitrogens with zero attached hydrogens (tertiary/aromatic N) is 1.